The van der Waals surface area contributed by atoms with Gasteiger partial charge in [0.15, 0.2) is 0 Å². The fourth-order valence-electron chi connectivity index (χ4n) is 3.39. The number of aromatic amines is 1. The van der Waals surface area contributed by atoms with E-state index in [4.69, 9.17) is 4.74 Å². The molecule has 1 N–H and O–H groups in total. The smallest absolute Gasteiger partial charge is 0.137 e. The van der Waals surface area contributed by atoms with Crippen LogP contribution in [0.15, 0.2) is 42.7 Å². The summed E-state index contributed by atoms with van der Waals surface area (Å²) in [4.78, 5) is 7.69. The van der Waals surface area contributed by atoms with E-state index in [-0.39, 0.29) is 5.60 Å². The van der Waals surface area contributed by atoms with Crippen LogP contribution in [-0.2, 0) is 11.8 Å². The molecule has 144 valence electrons. The van der Waals surface area contributed by atoms with Gasteiger partial charge in [0.2, 0.25) is 0 Å². The molecule has 1 aliphatic carbocycles. The van der Waals surface area contributed by atoms with Crippen LogP contribution in [0.5, 0.6) is 0 Å². The van der Waals surface area contributed by atoms with E-state index in [9.17, 15) is 0 Å². The summed E-state index contributed by atoms with van der Waals surface area (Å²) in [6.45, 7) is 9.29. The van der Waals surface area contributed by atoms with Gasteiger partial charge in [-0.05, 0) is 70.7 Å². The Morgan fingerprint density at radius 2 is 2.11 bits per heavy atom. The van der Waals surface area contributed by atoms with Gasteiger partial charge in [-0.3, -0.25) is 0 Å². The van der Waals surface area contributed by atoms with Crippen LogP contribution in [-0.4, -0.2) is 26.7 Å². The predicted octanol–water partition coefficient (Wildman–Crippen LogP) is 5.71. The van der Waals surface area contributed by atoms with Crippen molar-refractivity contribution in [3.63, 3.8) is 0 Å². The molecule has 0 unspecified atom stereocenters. The van der Waals surface area contributed by atoms with Crippen molar-refractivity contribution in [1.29, 1.82) is 0 Å². The summed E-state index contributed by atoms with van der Waals surface area (Å²) in [5.41, 5.74) is 6.18. The van der Waals surface area contributed by atoms with Crippen molar-refractivity contribution in [1.82, 2.24) is 14.5 Å². The lowest BCUT2D eigenvalue weighted by Crippen LogP contribution is -2.36. The molecule has 4 nitrogen and oxygen atoms in total. The maximum absolute atomic E-state index is 5.62. The van der Waals surface area contributed by atoms with Crippen molar-refractivity contribution >= 4 is 11.0 Å². The summed E-state index contributed by atoms with van der Waals surface area (Å²) < 4.78 is 7.78. The number of pyridine rings is 1. The standard InChI is InChI=1S/C14H15N3.C9H16O/c1-9-10(2)17(3)8-12(9)13-7-11-5-4-6-15-14(11)16-13;1-3-4-8-10-9(2)6-5-7-9/h4-8H,1-3H3,(H,15,16);3-4H,5-8H2,1-2H3/b;4-3-. The van der Waals surface area contributed by atoms with Crippen molar-refractivity contribution in [2.45, 2.75) is 52.6 Å². The molecule has 0 radical (unpaired) electrons. The number of hydrogen-bond acceptors (Lipinski definition) is 2. The Morgan fingerprint density at radius 1 is 1.33 bits per heavy atom. The van der Waals surface area contributed by atoms with Gasteiger partial charge in [-0.25, -0.2) is 4.98 Å². The van der Waals surface area contributed by atoms with Crippen LogP contribution >= 0.6 is 0 Å². The molecule has 1 saturated carbocycles. The minimum Gasteiger partial charge on any atom is -0.371 e. The predicted molar refractivity (Wildman–Crippen MR) is 113 cm³/mol. The number of hydrogen-bond donors (Lipinski definition) is 1. The number of rotatable bonds is 4. The minimum absolute atomic E-state index is 0.222. The average Bonchev–Trinajstić information content (AvgIpc) is 3.17. The van der Waals surface area contributed by atoms with Gasteiger partial charge in [0.1, 0.15) is 5.65 Å². The van der Waals surface area contributed by atoms with E-state index in [0.29, 0.717) is 0 Å². The molecule has 3 aromatic rings. The highest BCUT2D eigenvalue weighted by molar-refractivity contribution is 5.83. The van der Waals surface area contributed by atoms with Gasteiger partial charge in [-0.2, -0.15) is 0 Å². The Hall–Kier alpha value is -2.33. The van der Waals surface area contributed by atoms with Gasteiger partial charge in [0.25, 0.3) is 0 Å². The summed E-state index contributed by atoms with van der Waals surface area (Å²) in [7, 11) is 2.08. The average molecular weight is 366 g/mol. The van der Waals surface area contributed by atoms with Gasteiger partial charge >= 0.3 is 0 Å². The van der Waals surface area contributed by atoms with E-state index in [1.54, 1.807) is 0 Å². The van der Waals surface area contributed by atoms with E-state index < -0.39 is 0 Å². The second-order valence-electron chi connectivity index (χ2n) is 7.67. The second-order valence-corrected chi connectivity index (χ2v) is 7.67. The molecule has 0 aliphatic heterocycles. The largest absolute Gasteiger partial charge is 0.371 e. The first-order valence-electron chi connectivity index (χ1n) is 9.75. The lowest BCUT2D eigenvalue weighted by atomic mass is 9.82. The molecule has 3 heterocycles. The zero-order valence-corrected chi connectivity index (χ0v) is 17.2. The molecule has 27 heavy (non-hydrogen) atoms. The molecule has 1 fully saturated rings. The van der Waals surface area contributed by atoms with Crippen LogP contribution in [0.25, 0.3) is 22.3 Å². The number of allylic oxidation sites excluding steroid dienone is 1. The SMILES string of the molecule is C/C=C\COC1(C)CCC1.Cc1c(-c2cc3cccnc3[nH]2)cn(C)c1C. The minimum atomic E-state index is 0.222. The fraction of sp³-hybridized carbons (Fsp3) is 0.435. The number of aromatic nitrogens is 3. The highest BCUT2D eigenvalue weighted by Crippen LogP contribution is 2.34. The highest BCUT2D eigenvalue weighted by atomic mass is 16.5. The molecule has 3 aromatic heterocycles. The zero-order valence-electron chi connectivity index (χ0n) is 17.2. The summed E-state index contributed by atoms with van der Waals surface area (Å²) in [6.07, 6.45) is 11.9. The van der Waals surface area contributed by atoms with Gasteiger partial charge in [-0.1, -0.05) is 12.2 Å². The molecule has 4 rings (SSSR count). The number of fused-ring (bicyclic) bond motifs is 1. The maximum Gasteiger partial charge on any atom is 0.137 e. The van der Waals surface area contributed by atoms with E-state index in [0.717, 1.165) is 23.3 Å². The first-order chi connectivity index (χ1) is 12.9. The fourth-order valence-corrected chi connectivity index (χ4v) is 3.39. The van der Waals surface area contributed by atoms with E-state index >= 15 is 0 Å². The molecule has 4 heteroatoms. The summed E-state index contributed by atoms with van der Waals surface area (Å²) in [6, 6.07) is 6.20. The molecule has 0 spiro atoms. The Kier molecular flexibility index (Phi) is 5.85. The Balaban J connectivity index is 0.000000180. The Labute approximate surface area is 162 Å². The third-order valence-corrected chi connectivity index (χ3v) is 5.66. The molecule has 0 saturated heterocycles. The number of aryl methyl sites for hydroxylation is 1. The first kappa shape index (κ1) is 19.4. The number of H-pyrrole nitrogens is 1. The molecule has 0 aromatic carbocycles. The van der Waals surface area contributed by atoms with Crippen molar-refractivity contribution in [3.05, 3.63) is 54.0 Å². The van der Waals surface area contributed by atoms with Gasteiger partial charge in [0, 0.05) is 41.8 Å². The van der Waals surface area contributed by atoms with Crippen molar-refractivity contribution in [3.8, 4) is 11.3 Å². The quantitative estimate of drug-likeness (QED) is 0.602. The van der Waals surface area contributed by atoms with Gasteiger partial charge < -0.3 is 14.3 Å². The third-order valence-electron chi connectivity index (χ3n) is 5.66. The molecular formula is C23H31N3O. The molecule has 0 bridgehead atoms. The van der Waals surface area contributed by atoms with Crippen LogP contribution in [0.2, 0.25) is 0 Å². The third kappa shape index (κ3) is 4.33. The Morgan fingerprint density at radius 3 is 2.67 bits per heavy atom. The van der Waals surface area contributed by atoms with Crippen LogP contribution in [0.4, 0.5) is 0 Å². The molecule has 1 aliphatic rings. The van der Waals surface area contributed by atoms with E-state index in [1.807, 2.05) is 25.3 Å². The van der Waals surface area contributed by atoms with E-state index in [1.165, 1.54) is 36.1 Å². The van der Waals surface area contributed by atoms with Crippen LogP contribution in [0, 0.1) is 13.8 Å². The van der Waals surface area contributed by atoms with E-state index in [2.05, 4.69) is 66.8 Å². The zero-order chi connectivity index (χ0) is 19.4. The van der Waals surface area contributed by atoms with Crippen LogP contribution in [0.3, 0.4) is 0 Å². The summed E-state index contributed by atoms with van der Waals surface area (Å²) >= 11 is 0. The number of ether oxygens (including phenoxy) is 1. The first-order valence-corrected chi connectivity index (χ1v) is 9.75. The maximum atomic E-state index is 5.62. The topological polar surface area (TPSA) is 42.8 Å². The van der Waals surface area contributed by atoms with Crippen molar-refractivity contribution in [2.24, 2.45) is 7.05 Å². The van der Waals surface area contributed by atoms with Crippen LogP contribution in [0.1, 0.15) is 44.4 Å². The summed E-state index contributed by atoms with van der Waals surface area (Å²) in [5, 5.41) is 1.16. The molecule has 0 atom stereocenters. The van der Waals surface area contributed by atoms with Crippen LogP contribution < -0.4 is 0 Å². The monoisotopic (exact) mass is 365 g/mol. The van der Waals surface area contributed by atoms with Gasteiger partial charge in [0.05, 0.1) is 12.2 Å². The normalized spacial score (nSPS) is 15.6. The summed E-state index contributed by atoms with van der Waals surface area (Å²) in [5.74, 6) is 0. The molecular weight excluding hydrogens is 334 g/mol. The lowest BCUT2D eigenvalue weighted by molar-refractivity contribution is -0.0731. The lowest BCUT2D eigenvalue weighted by Gasteiger charge is -2.37. The number of nitrogens with one attached hydrogen (secondary N) is 1. The van der Waals surface area contributed by atoms with Crippen molar-refractivity contribution < 1.29 is 4.74 Å². The van der Waals surface area contributed by atoms with Crippen molar-refractivity contribution in [2.75, 3.05) is 6.61 Å². The Bertz CT molecular complexity index is 895. The molecule has 0 amide bonds. The number of nitrogens with zero attached hydrogens (tertiary/aromatic N) is 2. The second kappa shape index (κ2) is 8.13. The van der Waals surface area contributed by atoms with Gasteiger partial charge in [-0.15, -0.1) is 0 Å². The highest BCUT2D eigenvalue weighted by Gasteiger charge is 2.31.